The molecule has 1 N–H and O–H groups in total. The number of rotatable bonds is 5. The van der Waals surface area contributed by atoms with Crippen LogP contribution < -0.4 is 0 Å². The first-order chi connectivity index (χ1) is 5.56. The SMILES string of the molecule is CCC[SiH](O)OC(C)(C)C1CO1. The number of hydrogen-bond donors (Lipinski definition) is 1. The zero-order valence-corrected chi connectivity index (χ0v) is 9.19. The quantitative estimate of drug-likeness (QED) is 0.515. The molecule has 0 aromatic rings. The summed E-state index contributed by atoms with van der Waals surface area (Å²) in [6.07, 6.45) is 1.20. The average Bonchev–Trinajstić information content (AvgIpc) is 2.65. The van der Waals surface area contributed by atoms with Crippen molar-refractivity contribution in [3.8, 4) is 0 Å². The zero-order valence-electron chi connectivity index (χ0n) is 8.04. The summed E-state index contributed by atoms with van der Waals surface area (Å²) in [6.45, 7) is 6.80. The lowest BCUT2D eigenvalue weighted by atomic mass is 10.1. The lowest BCUT2D eigenvalue weighted by molar-refractivity contribution is 0.0520. The minimum Gasteiger partial charge on any atom is -0.413 e. The molecule has 0 amide bonds. The number of ether oxygens (including phenoxy) is 1. The lowest BCUT2D eigenvalue weighted by Gasteiger charge is -2.26. The van der Waals surface area contributed by atoms with Crippen molar-refractivity contribution in [2.45, 2.75) is 44.9 Å². The summed E-state index contributed by atoms with van der Waals surface area (Å²) in [4.78, 5) is 9.52. The molecule has 2 unspecified atom stereocenters. The molecule has 4 heteroatoms. The van der Waals surface area contributed by atoms with Crippen LogP contribution in [0.1, 0.15) is 27.2 Å². The van der Waals surface area contributed by atoms with Gasteiger partial charge in [-0.1, -0.05) is 13.3 Å². The van der Waals surface area contributed by atoms with E-state index in [-0.39, 0.29) is 11.7 Å². The van der Waals surface area contributed by atoms with E-state index in [0.717, 1.165) is 19.1 Å². The molecule has 0 radical (unpaired) electrons. The molecule has 0 bridgehead atoms. The fourth-order valence-electron chi connectivity index (χ4n) is 1.18. The van der Waals surface area contributed by atoms with Gasteiger partial charge in [0.1, 0.15) is 6.10 Å². The van der Waals surface area contributed by atoms with Crippen LogP contribution >= 0.6 is 0 Å². The monoisotopic (exact) mass is 190 g/mol. The molecule has 1 aliphatic heterocycles. The average molecular weight is 190 g/mol. The molecular weight excluding hydrogens is 172 g/mol. The highest BCUT2D eigenvalue weighted by Gasteiger charge is 2.41. The second-order valence-corrected chi connectivity index (χ2v) is 5.51. The fourth-order valence-corrected chi connectivity index (χ4v) is 2.65. The van der Waals surface area contributed by atoms with Gasteiger partial charge in [-0.2, -0.15) is 0 Å². The largest absolute Gasteiger partial charge is 0.413 e. The minimum absolute atomic E-state index is 0.205. The topological polar surface area (TPSA) is 42.0 Å². The van der Waals surface area contributed by atoms with E-state index in [1.165, 1.54) is 0 Å². The van der Waals surface area contributed by atoms with Crippen molar-refractivity contribution in [3.05, 3.63) is 0 Å². The smallest absolute Gasteiger partial charge is 0.319 e. The van der Waals surface area contributed by atoms with Crippen LogP contribution in [0.3, 0.4) is 0 Å². The Morgan fingerprint density at radius 3 is 2.67 bits per heavy atom. The van der Waals surface area contributed by atoms with E-state index >= 15 is 0 Å². The van der Waals surface area contributed by atoms with Gasteiger partial charge < -0.3 is 14.0 Å². The first-order valence-corrected chi connectivity index (χ1v) is 6.34. The second kappa shape index (κ2) is 3.87. The summed E-state index contributed by atoms with van der Waals surface area (Å²) in [6, 6.07) is 0.830. The van der Waals surface area contributed by atoms with Crippen LogP contribution in [0.5, 0.6) is 0 Å². The van der Waals surface area contributed by atoms with Crippen LogP contribution in [0.4, 0.5) is 0 Å². The molecule has 1 heterocycles. The summed E-state index contributed by atoms with van der Waals surface area (Å²) in [7, 11) is -1.92. The Kier molecular flexibility index (Phi) is 3.28. The van der Waals surface area contributed by atoms with Crippen molar-refractivity contribution in [2.24, 2.45) is 0 Å². The van der Waals surface area contributed by atoms with Crippen molar-refractivity contribution in [2.75, 3.05) is 6.61 Å². The third kappa shape index (κ3) is 2.86. The normalized spacial score (nSPS) is 25.5. The van der Waals surface area contributed by atoms with Gasteiger partial charge in [0.05, 0.1) is 12.2 Å². The van der Waals surface area contributed by atoms with Gasteiger partial charge in [0.2, 0.25) is 0 Å². The summed E-state index contributed by atoms with van der Waals surface area (Å²) in [5, 5.41) is 0. The van der Waals surface area contributed by atoms with E-state index in [2.05, 4.69) is 6.92 Å². The predicted octanol–water partition coefficient (Wildman–Crippen LogP) is 0.803. The number of hydrogen-bond acceptors (Lipinski definition) is 3. The standard InChI is InChI=1S/C8H18O3Si/c1-4-5-12(9)11-8(2,3)7-6-10-7/h7,9,12H,4-6H2,1-3H3. The fraction of sp³-hybridized carbons (Fsp3) is 1.00. The Hall–Kier alpha value is 0.0969. The zero-order chi connectivity index (χ0) is 9.19. The first-order valence-electron chi connectivity index (χ1n) is 4.53. The second-order valence-electron chi connectivity index (χ2n) is 3.79. The molecule has 2 atom stereocenters. The van der Waals surface area contributed by atoms with Crippen molar-refractivity contribution >= 4 is 9.28 Å². The summed E-state index contributed by atoms with van der Waals surface area (Å²) in [5.41, 5.74) is -0.277. The van der Waals surface area contributed by atoms with Crippen LogP contribution in [0.2, 0.25) is 6.04 Å². The van der Waals surface area contributed by atoms with Gasteiger partial charge >= 0.3 is 9.28 Å². The van der Waals surface area contributed by atoms with Gasteiger partial charge in [-0.05, 0) is 19.9 Å². The molecule has 0 aromatic heterocycles. The van der Waals surface area contributed by atoms with Crippen LogP contribution in [0, 0.1) is 0 Å². The molecule has 1 aliphatic rings. The molecular formula is C8H18O3Si. The van der Waals surface area contributed by atoms with E-state index in [1.807, 2.05) is 13.8 Å². The van der Waals surface area contributed by atoms with Crippen LogP contribution in [0.25, 0.3) is 0 Å². The Morgan fingerprint density at radius 2 is 2.25 bits per heavy atom. The van der Waals surface area contributed by atoms with Gasteiger partial charge in [0.15, 0.2) is 0 Å². The highest BCUT2D eigenvalue weighted by atomic mass is 28.3. The summed E-state index contributed by atoms with van der Waals surface area (Å²) >= 11 is 0. The molecule has 12 heavy (non-hydrogen) atoms. The maximum Gasteiger partial charge on any atom is 0.319 e. The van der Waals surface area contributed by atoms with Crippen molar-refractivity contribution in [1.82, 2.24) is 0 Å². The summed E-state index contributed by atoms with van der Waals surface area (Å²) in [5.74, 6) is 0. The molecule has 0 saturated carbocycles. The van der Waals surface area contributed by atoms with Gasteiger partial charge in [0, 0.05) is 0 Å². The van der Waals surface area contributed by atoms with Gasteiger partial charge in [0.25, 0.3) is 0 Å². The van der Waals surface area contributed by atoms with Crippen LogP contribution in [0.15, 0.2) is 0 Å². The van der Waals surface area contributed by atoms with Crippen molar-refractivity contribution in [3.63, 3.8) is 0 Å². The third-order valence-electron chi connectivity index (χ3n) is 2.08. The van der Waals surface area contributed by atoms with Gasteiger partial charge in [-0.3, -0.25) is 0 Å². The van der Waals surface area contributed by atoms with Crippen molar-refractivity contribution in [1.29, 1.82) is 0 Å². The number of epoxide rings is 1. The van der Waals surface area contributed by atoms with Gasteiger partial charge in [-0.15, -0.1) is 0 Å². The molecule has 1 saturated heterocycles. The molecule has 0 spiro atoms. The van der Waals surface area contributed by atoms with Crippen molar-refractivity contribution < 1.29 is 14.0 Å². The maximum absolute atomic E-state index is 9.52. The minimum atomic E-state index is -1.92. The Morgan fingerprint density at radius 1 is 1.67 bits per heavy atom. The molecule has 0 aromatic carbocycles. The first kappa shape index (κ1) is 10.2. The van der Waals surface area contributed by atoms with E-state index < -0.39 is 9.28 Å². The highest BCUT2D eigenvalue weighted by molar-refractivity contribution is 6.42. The lowest BCUT2D eigenvalue weighted by Crippen LogP contribution is -2.38. The van der Waals surface area contributed by atoms with E-state index in [0.29, 0.717) is 0 Å². The molecule has 1 fully saturated rings. The Balaban J connectivity index is 2.27. The maximum atomic E-state index is 9.52. The van der Waals surface area contributed by atoms with E-state index in [1.54, 1.807) is 0 Å². The predicted molar refractivity (Wildman–Crippen MR) is 49.4 cm³/mol. The van der Waals surface area contributed by atoms with Crippen LogP contribution in [-0.4, -0.2) is 32.4 Å². The Bertz CT molecular complexity index is 145. The third-order valence-corrected chi connectivity index (χ3v) is 4.03. The molecule has 3 nitrogen and oxygen atoms in total. The summed E-state index contributed by atoms with van der Waals surface area (Å²) < 4.78 is 10.7. The molecule has 0 aliphatic carbocycles. The van der Waals surface area contributed by atoms with E-state index in [9.17, 15) is 4.80 Å². The highest BCUT2D eigenvalue weighted by Crippen LogP contribution is 2.28. The Labute approximate surface area is 75.5 Å². The molecule has 72 valence electrons. The van der Waals surface area contributed by atoms with E-state index in [4.69, 9.17) is 9.16 Å². The van der Waals surface area contributed by atoms with Gasteiger partial charge in [-0.25, -0.2) is 0 Å². The van der Waals surface area contributed by atoms with Crippen LogP contribution in [-0.2, 0) is 9.16 Å². The molecule has 1 rings (SSSR count).